The van der Waals surface area contributed by atoms with Gasteiger partial charge in [0.1, 0.15) is 0 Å². The molecule has 3 unspecified atom stereocenters. The van der Waals surface area contributed by atoms with Gasteiger partial charge in [0.25, 0.3) is 0 Å². The molecule has 4 rings (SSSR count). The van der Waals surface area contributed by atoms with E-state index in [1.165, 1.54) is 25.7 Å². The number of nitrogens with zero attached hydrogens (tertiary/aromatic N) is 3. The number of rotatable bonds is 6. The first kappa shape index (κ1) is 17.7. The van der Waals surface area contributed by atoms with Crippen molar-refractivity contribution in [2.45, 2.75) is 45.6 Å². The van der Waals surface area contributed by atoms with Crippen LogP contribution >= 0.6 is 0 Å². The van der Waals surface area contributed by atoms with E-state index in [0.29, 0.717) is 30.0 Å². The van der Waals surface area contributed by atoms with Crippen molar-refractivity contribution in [2.24, 2.45) is 17.8 Å². The Bertz CT molecular complexity index is 841. The highest BCUT2D eigenvalue weighted by atomic mass is 16.5. The van der Waals surface area contributed by atoms with Crippen molar-refractivity contribution in [2.75, 3.05) is 11.1 Å². The minimum absolute atomic E-state index is 0.00875. The van der Waals surface area contributed by atoms with Gasteiger partial charge in [0.2, 0.25) is 11.9 Å². The maximum absolute atomic E-state index is 12.2. The Morgan fingerprint density at radius 3 is 2.81 bits per heavy atom. The van der Waals surface area contributed by atoms with Crippen LogP contribution in [-0.4, -0.2) is 20.9 Å². The largest absolute Gasteiger partial charge is 0.457 e. The zero-order chi connectivity index (χ0) is 18.8. The number of hydrogen-bond donors (Lipinski definition) is 2. The van der Waals surface area contributed by atoms with Crippen molar-refractivity contribution in [1.29, 1.82) is 0 Å². The number of ether oxygens (including phenoxy) is 1. The van der Waals surface area contributed by atoms with Gasteiger partial charge >= 0.3 is 5.97 Å². The fraction of sp³-hybridized carbons (Fsp3) is 0.500. The number of fused-ring (bicyclic) bond motifs is 2. The molecule has 2 bridgehead atoms. The Hall–Kier alpha value is -2.70. The number of anilines is 3. The molecule has 2 aliphatic carbocycles. The van der Waals surface area contributed by atoms with E-state index in [0.717, 1.165) is 17.2 Å². The van der Waals surface area contributed by atoms with Crippen molar-refractivity contribution in [3.05, 3.63) is 35.7 Å². The van der Waals surface area contributed by atoms with Crippen LogP contribution in [0.2, 0.25) is 0 Å². The lowest BCUT2D eigenvalue weighted by atomic mass is 9.86. The first-order chi connectivity index (χ1) is 13.1. The lowest BCUT2D eigenvalue weighted by Crippen LogP contribution is -2.17. The number of nitrogens with one attached hydrogen (secondary N) is 1. The molecule has 2 aromatic rings. The van der Waals surface area contributed by atoms with E-state index in [1.54, 1.807) is 0 Å². The summed E-state index contributed by atoms with van der Waals surface area (Å²) in [6.07, 6.45) is 5.55. The molecule has 3 N–H and O–H groups in total. The smallest absolute Gasteiger partial charge is 0.306 e. The molecule has 1 aromatic heterocycles. The first-order valence-electron chi connectivity index (χ1n) is 9.55. The maximum atomic E-state index is 12.2. The van der Waals surface area contributed by atoms with Gasteiger partial charge in [-0.15, -0.1) is 0 Å². The molecule has 0 spiro atoms. The van der Waals surface area contributed by atoms with Gasteiger partial charge in [-0.1, -0.05) is 24.6 Å². The molecule has 0 aliphatic heterocycles. The van der Waals surface area contributed by atoms with Crippen LogP contribution in [0.1, 0.15) is 43.5 Å². The number of esters is 1. The quantitative estimate of drug-likeness (QED) is 0.754. The molecule has 2 aliphatic rings. The highest BCUT2D eigenvalue weighted by molar-refractivity contribution is 5.69. The molecule has 27 heavy (non-hydrogen) atoms. The lowest BCUT2D eigenvalue weighted by Gasteiger charge is -2.20. The molecule has 1 heterocycles. The average molecular weight is 367 g/mol. The summed E-state index contributed by atoms with van der Waals surface area (Å²) in [7, 11) is 0. The predicted octanol–water partition coefficient (Wildman–Crippen LogP) is 3.38. The zero-order valence-corrected chi connectivity index (χ0v) is 15.5. The number of nitrogen functional groups attached to an aromatic ring is 1. The summed E-state index contributed by atoms with van der Waals surface area (Å²) in [6, 6.07) is 7.82. The average Bonchev–Trinajstić information content (AvgIpc) is 3.25. The van der Waals surface area contributed by atoms with E-state index in [4.69, 9.17) is 10.5 Å². The number of nitrogens with two attached hydrogens (primary N) is 1. The Morgan fingerprint density at radius 2 is 2.07 bits per heavy atom. The van der Waals surface area contributed by atoms with Crippen LogP contribution < -0.4 is 11.1 Å². The second-order valence-corrected chi connectivity index (χ2v) is 7.67. The zero-order valence-electron chi connectivity index (χ0n) is 15.5. The number of carbonyl (C=O) groups is 1. The molecule has 3 atom stereocenters. The monoisotopic (exact) mass is 367 g/mol. The van der Waals surface area contributed by atoms with Crippen molar-refractivity contribution in [3.63, 3.8) is 0 Å². The van der Waals surface area contributed by atoms with E-state index >= 15 is 0 Å². The van der Waals surface area contributed by atoms with Crippen LogP contribution in [0.15, 0.2) is 24.3 Å². The van der Waals surface area contributed by atoms with E-state index in [-0.39, 0.29) is 18.5 Å². The lowest BCUT2D eigenvalue weighted by molar-refractivity contribution is -0.146. The van der Waals surface area contributed by atoms with Crippen LogP contribution in [0.3, 0.4) is 0 Å². The Morgan fingerprint density at radius 1 is 1.22 bits per heavy atom. The summed E-state index contributed by atoms with van der Waals surface area (Å²) in [5.74, 6) is 2.63. The SMILES string of the molecule is Cc1ccccc1Nc1nc(N)nc(COC(=O)CC2CC3CCC2C3)n1. The van der Waals surface area contributed by atoms with Crippen LogP contribution in [0.25, 0.3) is 0 Å². The maximum Gasteiger partial charge on any atom is 0.306 e. The van der Waals surface area contributed by atoms with Gasteiger partial charge in [0.15, 0.2) is 12.4 Å². The van der Waals surface area contributed by atoms with Gasteiger partial charge in [-0.05, 0) is 55.6 Å². The van der Waals surface area contributed by atoms with Crippen molar-refractivity contribution >= 4 is 23.6 Å². The number of benzene rings is 1. The highest BCUT2D eigenvalue weighted by Crippen LogP contribution is 2.49. The third-order valence-electron chi connectivity index (χ3n) is 5.77. The second kappa shape index (κ2) is 7.50. The van der Waals surface area contributed by atoms with Crippen LogP contribution in [0.4, 0.5) is 17.6 Å². The molecule has 2 saturated carbocycles. The van der Waals surface area contributed by atoms with E-state index < -0.39 is 0 Å². The van der Waals surface area contributed by atoms with Gasteiger partial charge in [0.05, 0.1) is 0 Å². The van der Waals surface area contributed by atoms with Gasteiger partial charge in [-0.3, -0.25) is 4.79 Å². The third kappa shape index (κ3) is 4.18. The summed E-state index contributed by atoms with van der Waals surface area (Å²) in [5.41, 5.74) is 7.74. The van der Waals surface area contributed by atoms with E-state index in [2.05, 4.69) is 20.3 Å². The Labute approximate surface area is 158 Å². The van der Waals surface area contributed by atoms with Gasteiger partial charge in [0, 0.05) is 12.1 Å². The standard InChI is InChI=1S/C20H25N5O2/c1-12-4-2-3-5-16(12)22-20-24-17(23-19(21)25-20)11-27-18(26)10-15-9-13-6-7-14(15)8-13/h2-5,13-15H,6-11H2,1H3,(H3,21,22,23,24,25). The predicted molar refractivity (Wildman–Crippen MR) is 102 cm³/mol. The van der Waals surface area contributed by atoms with Gasteiger partial charge < -0.3 is 15.8 Å². The van der Waals surface area contributed by atoms with Crippen molar-refractivity contribution in [3.8, 4) is 0 Å². The minimum Gasteiger partial charge on any atom is -0.457 e. The normalized spacial score (nSPS) is 23.4. The van der Waals surface area contributed by atoms with E-state index in [9.17, 15) is 4.79 Å². The fourth-order valence-corrected chi connectivity index (χ4v) is 4.44. The summed E-state index contributed by atoms with van der Waals surface area (Å²) >= 11 is 0. The first-order valence-corrected chi connectivity index (χ1v) is 9.55. The van der Waals surface area contributed by atoms with Gasteiger partial charge in [-0.2, -0.15) is 15.0 Å². The molecular formula is C20H25N5O2. The molecule has 2 fully saturated rings. The number of carbonyl (C=O) groups excluding carboxylic acids is 1. The summed E-state index contributed by atoms with van der Waals surface area (Å²) in [4.78, 5) is 24.7. The van der Waals surface area contributed by atoms with Gasteiger partial charge in [-0.25, -0.2) is 0 Å². The van der Waals surface area contributed by atoms with Crippen LogP contribution in [-0.2, 0) is 16.1 Å². The molecular weight excluding hydrogens is 342 g/mol. The summed E-state index contributed by atoms with van der Waals surface area (Å²) in [5, 5.41) is 3.14. The molecule has 0 saturated heterocycles. The Kier molecular flexibility index (Phi) is 4.92. The molecule has 1 aromatic carbocycles. The summed E-state index contributed by atoms with van der Waals surface area (Å²) in [6.45, 7) is 2.00. The highest BCUT2D eigenvalue weighted by Gasteiger charge is 2.40. The second-order valence-electron chi connectivity index (χ2n) is 7.67. The molecule has 142 valence electrons. The van der Waals surface area contributed by atoms with Crippen molar-refractivity contribution < 1.29 is 9.53 Å². The van der Waals surface area contributed by atoms with Crippen LogP contribution in [0.5, 0.6) is 0 Å². The van der Waals surface area contributed by atoms with Crippen LogP contribution in [0, 0.1) is 24.7 Å². The molecule has 7 nitrogen and oxygen atoms in total. The topological polar surface area (TPSA) is 103 Å². The fourth-order valence-electron chi connectivity index (χ4n) is 4.44. The number of aromatic nitrogens is 3. The molecule has 0 amide bonds. The minimum atomic E-state index is -0.181. The van der Waals surface area contributed by atoms with E-state index in [1.807, 2.05) is 31.2 Å². The Balaban J connectivity index is 1.35. The third-order valence-corrected chi connectivity index (χ3v) is 5.77. The molecule has 0 radical (unpaired) electrons. The number of hydrogen-bond acceptors (Lipinski definition) is 7. The number of para-hydroxylation sites is 1. The molecule has 7 heteroatoms. The number of aryl methyl sites for hydroxylation is 1. The summed E-state index contributed by atoms with van der Waals surface area (Å²) < 4.78 is 5.41. The van der Waals surface area contributed by atoms with Crippen molar-refractivity contribution in [1.82, 2.24) is 15.0 Å².